The van der Waals surface area contributed by atoms with Crippen molar-refractivity contribution in [2.24, 2.45) is 5.73 Å². The summed E-state index contributed by atoms with van der Waals surface area (Å²) in [6, 6.07) is 0.438. The van der Waals surface area contributed by atoms with Gasteiger partial charge in [0.05, 0.1) is 15.1 Å². The van der Waals surface area contributed by atoms with Gasteiger partial charge in [-0.15, -0.1) is 11.3 Å². The van der Waals surface area contributed by atoms with E-state index >= 15 is 0 Å². The summed E-state index contributed by atoms with van der Waals surface area (Å²) in [7, 11) is 0. The van der Waals surface area contributed by atoms with E-state index in [0.29, 0.717) is 12.5 Å². The molecule has 1 saturated carbocycles. The number of thiazole rings is 1. The summed E-state index contributed by atoms with van der Waals surface area (Å²) in [5.41, 5.74) is 6.31. The SMILES string of the molecule is NC1CCCC(=O)N(C2CC2)C1c1ncc(I)s1. The lowest BCUT2D eigenvalue weighted by atomic mass is 10.0. The number of rotatable bonds is 2. The van der Waals surface area contributed by atoms with E-state index in [9.17, 15) is 4.79 Å². The smallest absolute Gasteiger partial charge is 0.223 e. The van der Waals surface area contributed by atoms with Gasteiger partial charge < -0.3 is 10.6 Å². The summed E-state index contributed by atoms with van der Waals surface area (Å²) in [4.78, 5) is 18.8. The van der Waals surface area contributed by atoms with E-state index in [1.807, 2.05) is 11.1 Å². The second-order valence-corrected chi connectivity index (χ2v) is 7.99. The Kier molecular flexibility index (Phi) is 3.59. The summed E-state index contributed by atoms with van der Waals surface area (Å²) >= 11 is 3.93. The molecular formula is C12H16IN3OS. The van der Waals surface area contributed by atoms with E-state index in [1.165, 1.54) is 0 Å². The van der Waals surface area contributed by atoms with Crippen LogP contribution < -0.4 is 5.73 Å². The number of hydrogen-bond acceptors (Lipinski definition) is 4. The number of aromatic nitrogens is 1. The van der Waals surface area contributed by atoms with Crippen LogP contribution in [0.15, 0.2) is 6.20 Å². The van der Waals surface area contributed by atoms with Crippen molar-refractivity contribution < 1.29 is 4.79 Å². The monoisotopic (exact) mass is 377 g/mol. The molecule has 2 aliphatic rings. The van der Waals surface area contributed by atoms with E-state index in [0.717, 1.165) is 33.6 Å². The van der Waals surface area contributed by atoms with Gasteiger partial charge in [0.25, 0.3) is 0 Å². The Hall–Kier alpha value is -0.210. The number of nitrogens with two attached hydrogens (primary N) is 1. The molecule has 2 atom stereocenters. The fourth-order valence-corrected chi connectivity index (χ4v) is 4.26. The molecule has 98 valence electrons. The molecule has 1 aromatic rings. The van der Waals surface area contributed by atoms with Gasteiger partial charge in [-0.3, -0.25) is 4.79 Å². The number of carbonyl (C=O) groups is 1. The average molecular weight is 377 g/mol. The van der Waals surface area contributed by atoms with Crippen LogP contribution in [-0.2, 0) is 4.79 Å². The molecule has 1 aliphatic heterocycles. The van der Waals surface area contributed by atoms with Crippen LogP contribution in [0.5, 0.6) is 0 Å². The standard InChI is InChI=1S/C12H16IN3OS/c13-9-6-15-12(18-9)11-8(14)2-1-3-10(17)16(11)7-4-5-7/h6-8,11H,1-5,14H2. The van der Waals surface area contributed by atoms with Gasteiger partial charge >= 0.3 is 0 Å². The van der Waals surface area contributed by atoms with Crippen molar-refractivity contribution in [2.75, 3.05) is 0 Å². The van der Waals surface area contributed by atoms with E-state index in [2.05, 4.69) is 27.6 Å². The largest absolute Gasteiger partial charge is 0.329 e. The van der Waals surface area contributed by atoms with E-state index in [-0.39, 0.29) is 18.0 Å². The van der Waals surface area contributed by atoms with Gasteiger partial charge in [-0.25, -0.2) is 4.98 Å². The van der Waals surface area contributed by atoms with Crippen LogP contribution in [-0.4, -0.2) is 27.9 Å². The normalized spacial score (nSPS) is 29.4. The maximum Gasteiger partial charge on any atom is 0.223 e. The molecule has 3 rings (SSSR count). The van der Waals surface area contributed by atoms with E-state index in [4.69, 9.17) is 5.73 Å². The molecule has 1 amide bonds. The van der Waals surface area contributed by atoms with Gasteiger partial charge in [-0.1, -0.05) is 0 Å². The first-order chi connectivity index (χ1) is 8.66. The Morgan fingerprint density at radius 3 is 2.83 bits per heavy atom. The number of hydrogen-bond donors (Lipinski definition) is 1. The van der Waals surface area contributed by atoms with E-state index < -0.39 is 0 Å². The number of amides is 1. The summed E-state index contributed by atoms with van der Waals surface area (Å²) < 4.78 is 1.15. The van der Waals surface area contributed by atoms with Gasteiger partial charge in [0.15, 0.2) is 0 Å². The van der Waals surface area contributed by atoms with Crippen LogP contribution in [0.4, 0.5) is 0 Å². The van der Waals surface area contributed by atoms with Crippen molar-refractivity contribution in [1.82, 2.24) is 9.88 Å². The van der Waals surface area contributed by atoms with Gasteiger partial charge in [0.2, 0.25) is 5.91 Å². The lowest BCUT2D eigenvalue weighted by molar-refractivity contribution is -0.133. The Bertz CT molecular complexity index is 460. The topological polar surface area (TPSA) is 59.2 Å². The molecule has 6 heteroatoms. The Labute approximate surface area is 124 Å². The predicted molar refractivity (Wildman–Crippen MR) is 79.3 cm³/mol. The van der Waals surface area contributed by atoms with Crippen LogP contribution in [0.25, 0.3) is 0 Å². The highest BCUT2D eigenvalue weighted by atomic mass is 127. The first kappa shape index (κ1) is 12.8. The highest BCUT2D eigenvalue weighted by molar-refractivity contribution is 14.1. The van der Waals surface area contributed by atoms with Crippen molar-refractivity contribution in [3.05, 3.63) is 14.1 Å². The number of halogens is 1. The van der Waals surface area contributed by atoms with Crippen molar-refractivity contribution in [2.45, 2.75) is 50.2 Å². The Balaban J connectivity index is 1.96. The third-order valence-corrected chi connectivity index (χ3v) is 5.41. The zero-order valence-electron chi connectivity index (χ0n) is 10.0. The van der Waals surface area contributed by atoms with Crippen molar-refractivity contribution in [3.63, 3.8) is 0 Å². The third kappa shape index (κ3) is 2.42. The second kappa shape index (κ2) is 5.05. The molecule has 2 fully saturated rings. The summed E-state index contributed by atoms with van der Waals surface area (Å²) in [6.45, 7) is 0. The molecule has 1 saturated heterocycles. The zero-order chi connectivity index (χ0) is 12.7. The molecule has 1 aromatic heterocycles. The minimum absolute atomic E-state index is 0.000941. The highest BCUT2D eigenvalue weighted by Gasteiger charge is 2.42. The second-order valence-electron chi connectivity index (χ2n) is 5.04. The summed E-state index contributed by atoms with van der Waals surface area (Å²) in [6.07, 6.45) is 6.57. The Morgan fingerprint density at radius 1 is 1.44 bits per heavy atom. The highest BCUT2D eigenvalue weighted by Crippen LogP contribution is 2.40. The lowest BCUT2D eigenvalue weighted by Gasteiger charge is -2.32. The molecule has 18 heavy (non-hydrogen) atoms. The average Bonchev–Trinajstić information content (AvgIpc) is 3.08. The van der Waals surface area contributed by atoms with Crippen LogP contribution in [0.3, 0.4) is 0 Å². The van der Waals surface area contributed by atoms with Crippen molar-refractivity contribution in [3.8, 4) is 0 Å². The first-order valence-electron chi connectivity index (χ1n) is 6.35. The Morgan fingerprint density at radius 2 is 2.22 bits per heavy atom. The maximum absolute atomic E-state index is 12.3. The minimum atomic E-state index is 0.000941. The maximum atomic E-state index is 12.3. The zero-order valence-corrected chi connectivity index (χ0v) is 13.0. The number of likely N-dealkylation sites (tertiary alicyclic amines) is 1. The van der Waals surface area contributed by atoms with Gasteiger partial charge in [-0.05, 0) is 48.3 Å². The number of carbonyl (C=O) groups excluding carboxylic acids is 1. The van der Waals surface area contributed by atoms with Crippen LogP contribution in [0, 0.1) is 2.88 Å². The fourth-order valence-electron chi connectivity index (χ4n) is 2.63. The van der Waals surface area contributed by atoms with Crippen LogP contribution >= 0.6 is 33.9 Å². The molecule has 1 aliphatic carbocycles. The minimum Gasteiger partial charge on any atom is -0.329 e. The predicted octanol–water partition coefficient (Wildman–Crippen LogP) is 2.29. The molecule has 4 nitrogen and oxygen atoms in total. The van der Waals surface area contributed by atoms with Gasteiger partial charge in [0.1, 0.15) is 5.01 Å². The summed E-state index contributed by atoms with van der Waals surface area (Å²) in [5.74, 6) is 0.264. The molecule has 0 radical (unpaired) electrons. The van der Waals surface area contributed by atoms with Crippen LogP contribution in [0.1, 0.15) is 43.2 Å². The molecule has 0 aromatic carbocycles. The van der Waals surface area contributed by atoms with Crippen molar-refractivity contribution >= 4 is 39.8 Å². The molecule has 2 unspecified atom stereocenters. The quantitative estimate of drug-likeness (QED) is 0.805. The molecule has 0 bridgehead atoms. The van der Waals surface area contributed by atoms with Gasteiger partial charge in [0, 0.05) is 18.5 Å². The molecular weight excluding hydrogens is 361 g/mol. The first-order valence-corrected chi connectivity index (χ1v) is 8.24. The number of nitrogens with zero attached hydrogens (tertiary/aromatic N) is 2. The third-order valence-electron chi connectivity index (χ3n) is 3.61. The molecule has 2 N–H and O–H groups in total. The van der Waals surface area contributed by atoms with E-state index in [1.54, 1.807) is 11.3 Å². The lowest BCUT2D eigenvalue weighted by Crippen LogP contribution is -2.43. The molecule has 0 spiro atoms. The van der Waals surface area contributed by atoms with Crippen LogP contribution in [0.2, 0.25) is 0 Å². The van der Waals surface area contributed by atoms with Crippen molar-refractivity contribution in [1.29, 1.82) is 0 Å². The summed E-state index contributed by atoms with van der Waals surface area (Å²) in [5, 5.41) is 1.01. The fraction of sp³-hybridized carbons (Fsp3) is 0.667. The molecule has 2 heterocycles. The van der Waals surface area contributed by atoms with Gasteiger partial charge in [-0.2, -0.15) is 0 Å².